The fourth-order valence-corrected chi connectivity index (χ4v) is 0.250. The van der Waals surface area contributed by atoms with Crippen molar-refractivity contribution in [1.29, 1.82) is 0 Å². The molecule has 0 aliphatic carbocycles. The second kappa shape index (κ2) is 16.5. The third kappa shape index (κ3) is 64.8. The number of unbranched alkanes of at least 4 members (excludes halogenated alkanes) is 2. The van der Waals surface area contributed by atoms with Crippen molar-refractivity contribution in [2.24, 2.45) is 0 Å². The van der Waals surface area contributed by atoms with E-state index in [1.807, 2.05) is 0 Å². The van der Waals surface area contributed by atoms with Crippen LogP contribution in [0.2, 0.25) is 0 Å². The van der Waals surface area contributed by atoms with Crippen molar-refractivity contribution in [3.63, 3.8) is 0 Å². The van der Waals surface area contributed by atoms with Gasteiger partial charge in [0.2, 0.25) is 0 Å². The topological polar surface area (TPSA) is 20.2 Å². The second-order valence-electron chi connectivity index (χ2n) is 2.30. The maximum atomic E-state index is 8.06. The predicted octanol–water partition coefficient (Wildman–Crippen LogP) is -0.598. The average Bonchev–Trinajstić information content (AvgIpc) is 1.66. The summed E-state index contributed by atoms with van der Waals surface area (Å²) in [6.45, 7) is 9.29. The summed E-state index contributed by atoms with van der Waals surface area (Å²) in [5.74, 6) is 0. The van der Waals surface area contributed by atoms with Crippen LogP contribution in [-0.2, 0) is 0 Å². The van der Waals surface area contributed by atoms with Gasteiger partial charge in [0.1, 0.15) is 0 Å². The van der Waals surface area contributed by atoms with Gasteiger partial charge in [-0.25, -0.2) is 0 Å². The first-order chi connectivity index (χ1) is 4.15. The van der Waals surface area contributed by atoms with Crippen LogP contribution in [0.15, 0.2) is 0 Å². The molecular weight excluding hydrogens is 135 g/mol. The van der Waals surface area contributed by atoms with E-state index >= 15 is 0 Å². The summed E-state index contributed by atoms with van der Waals surface area (Å²) >= 11 is 0. The van der Waals surface area contributed by atoms with Crippen molar-refractivity contribution in [3.8, 4) is 0 Å². The minimum Gasteiger partial charge on any atom is -0.394 e. The molecule has 0 fully saturated rings. The van der Waals surface area contributed by atoms with E-state index in [0.29, 0.717) is 0 Å². The van der Waals surface area contributed by atoms with Gasteiger partial charge < -0.3 is 12.0 Å². The third-order valence-corrected chi connectivity index (χ3v) is 0.604. The number of aliphatic hydroxyl groups is 1. The molecular formula is C8H19NaO. The third-order valence-electron chi connectivity index (χ3n) is 0.604. The van der Waals surface area contributed by atoms with Gasteiger partial charge in [-0.1, -0.05) is 19.8 Å². The quantitative estimate of drug-likeness (QED) is 0.416. The Morgan fingerprint density at radius 3 is 1.70 bits per heavy atom. The molecule has 0 aromatic heterocycles. The van der Waals surface area contributed by atoms with Gasteiger partial charge in [-0.05, 0) is 13.8 Å². The van der Waals surface area contributed by atoms with Crippen LogP contribution in [0, 0.1) is 6.92 Å². The first-order valence-electron chi connectivity index (χ1n) is 3.62. The van der Waals surface area contributed by atoms with E-state index in [2.05, 4.69) is 13.8 Å². The minimum absolute atomic E-state index is 0. The van der Waals surface area contributed by atoms with Crippen LogP contribution >= 0.6 is 0 Å². The molecule has 0 unspecified atom stereocenters. The van der Waals surface area contributed by atoms with Crippen LogP contribution in [0.5, 0.6) is 0 Å². The van der Waals surface area contributed by atoms with Crippen molar-refractivity contribution < 1.29 is 34.7 Å². The number of hydrogen-bond donors (Lipinski definition) is 1. The van der Waals surface area contributed by atoms with E-state index in [4.69, 9.17) is 5.11 Å². The molecule has 0 bridgehead atoms. The van der Waals surface area contributed by atoms with Gasteiger partial charge in [-0.3, -0.25) is 0 Å². The van der Waals surface area contributed by atoms with Crippen molar-refractivity contribution in [2.45, 2.75) is 46.1 Å². The van der Waals surface area contributed by atoms with Crippen molar-refractivity contribution in [2.75, 3.05) is 0 Å². The predicted molar refractivity (Wildman–Crippen MR) is 42.2 cm³/mol. The summed E-state index contributed by atoms with van der Waals surface area (Å²) in [5, 5.41) is 8.06. The van der Waals surface area contributed by atoms with E-state index in [0.717, 1.165) is 6.42 Å². The van der Waals surface area contributed by atoms with E-state index in [9.17, 15) is 0 Å². The Morgan fingerprint density at radius 2 is 1.70 bits per heavy atom. The summed E-state index contributed by atoms with van der Waals surface area (Å²) in [6.07, 6.45) is 3.49. The first-order valence-corrected chi connectivity index (χ1v) is 3.62. The Bertz CT molecular complexity index is 33.5. The van der Waals surface area contributed by atoms with Crippen LogP contribution in [-0.4, -0.2) is 11.2 Å². The summed E-state index contributed by atoms with van der Waals surface area (Å²) in [4.78, 5) is 0. The molecule has 0 aliphatic heterocycles. The zero-order chi connectivity index (χ0) is 7.70. The summed E-state index contributed by atoms with van der Waals surface area (Å²) in [7, 11) is 0. The average molecular weight is 154 g/mol. The minimum atomic E-state index is -0.167. The van der Waals surface area contributed by atoms with E-state index in [-0.39, 0.29) is 35.7 Å². The maximum absolute atomic E-state index is 8.06. The Kier molecular flexibility index (Phi) is 28.3. The smallest absolute Gasteiger partial charge is 0.394 e. The van der Waals surface area contributed by atoms with Gasteiger partial charge in [0.15, 0.2) is 0 Å². The molecule has 0 radical (unpaired) electrons. The van der Waals surface area contributed by atoms with Gasteiger partial charge in [0.25, 0.3) is 0 Å². The summed E-state index contributed by atoms with van der Waals surface area (Å²) < 4.78 is 0. The van der Waals surface area contributed by atoms with Gasteiger partial charge in [0, 0.05) is 6.10 Å². The van der Waals surface area contributed by atoms with Crippen LogP contribution < -0.4 is 29.6 Å². The standard InChI is InChI=1S/C5H11.C3H8O.Na/c1-3-5-4-2;1-3(2)4;/h1,3-5H2,2H3;3-4H,1-2H3;/q-1;;+1. The molecule has 0 rings (SSSR count). The van der Waals surface area contributed by atoms with Gasteiger partial charge in [0.05, 0.1) is 0 Å². The van der Waals surface area contributed by atoms with Gasteiger partial charge in [-0.15, -0.1) is 0 Å². The van der Waals surface area contributed by atoms with E-state index in [1.54, 1.807) is 13.8 Å². The normalized spacial score (nSPS) is 7.80. The molecule has 10 heavy (non-hydrogen) atoms. The SMILES string of the molecule is CC(C)O.[CH2-]CCCC.[Na+]. The number of rotatable bonds is 2. The van der Waals surface area contributed by atoms with Crippen LogP contribution in [0.3, 0.4) is 0 Å². The van der Waals surface area contributed by atoms with Crippen molar-refractivity contribution >= 4 is 0 Å². The molecule has 0 amide bonds. The first kappa shape index (κ1) is 17.2. The molecule has 58 valence electrons. The molecule has 0 saturated carbocycles. The number of aliphatic hydroxyl groups excluding tert-OH is 1. The molecule has 0 aromatic carbocycles. The molecule has 0 aromatic rings. The van der Waals surface area contributed by atoms with Crippen LogP contribution in [0.4, 0.5) is 0 Å². The zero-order valence-corrected chi connectivity index (χ0v) is 9.85. The molecule has 0 saturated heterocycles. The Balaban J connectivity index is -0.0000000910. The van der Waals surface area contributed by atoms with Gasteiger partial charge >= 0.3 is 29.6 Å². The van der Waals surface area contributed by atoms with Crippen molar-refractivity contribution in [1.82, 2.24) is 0 Å². The fourth-order valence-electron chi connectivity index (χ4n) is 0.250. The second-order valence-corrected chi connectivity index (χ2v) is 2.30. The molecule has 2 heteroatoms. The monoisotopic (exact) mass is 154 g/mol. The molecule has 0 spiro atoms. The van der Waals surface area contributed by atoms with Crippen molar-refractivity contribution in [3.05, 3.63) is 6.92 Å². The molecule has 0 atom stereocenters. The largest absolute Gasteiger partial charge is 1.00 e. The fraction of sp³-hybridized carbons (Fsp3) is 0.875. The molecule has 1 nitrogen and oxygen atoms in total. The van der Waals surface area contributed by atoms with E-state index < -0.39 is 0 Å². The Hall–Kier alpha value is 0.960. The number of hydrogen-bond acceptors (Lipinski definition) is 1. The van der Waals surface area contributed by atoms with Crippen LogP contribution in [0.1, 0.15) is 40.0 Å². The maximum Gasteiger partial charge on any atom is 1.00 e. The van der Waals surface area contributed by atoms with E-state index in [1.165, 1.54) is 12.8 Å². The van der Waals surface area contributed by atoms with Gasteiger partial charge in [-0.2, -0.15) is 6.42 Å². The summed E-state index contributed by atoms with van der Waals surface area (Å²) in [6, 6.07) is 0. The summed E-state index contributed by atoms with van der Waals surface area (Å²) in [5.41, 5.74) is 0. The Morgan fingerprint density at radius 1 is 1.40 bits per heavy atom. The Labute approximate surface area is 87.5 Å². The van der Waals surface area contributed by atoms with Crippen LogP contribution in [0.25, 0.3) is 0 Å². The zero-order valence-electron chi connectivity index (χ0n) is 7.85. The molecule has 1 N–H and O–H groups in total. The molecule has 0 aliphatic rings. The molecule has 0 heterocycles.